The number of hydrogen-bond acceptors (Lipinski definition) is 5. The molecule has 6 heteroatoms. The fourth-order valence-corrected chi connectivity index (χ4v) is 2.46. The van der Waals surface area contributed by atoms with Crippen LogP contribution in [0.4, 0.5) is 0 Å². The van der Waals surface area contributed by atoms with Crippen LogP contribution in [0.1, 0.15) is 5.56 Å². The number of ether oxygens (including phenoxy) is 1. The normalized spacial score (nSPS) is 18.0. The van der Waals surface area contributed by atoms with Crippen molar-refractivity contribution in [2.24, 2.45) is 5.84 Å². The summed E-state index contributed by atoms with van der Waals surface area (Å²) < 4.78 is 5.47. The molecule has 17 heavy (non-hydrogen) atoms. The van der Waals surface area contributed by atoms with Crippen molar-refractivity contribution in [1.82, 2.24) is 5.01 Å². The maximum atomic E-state index is 11.7. The first-order valence-corrected chi connectivity index (χ1v) is 6.01. The quantitative estimate of drug-likeness (QED) is 0.383. The van der Waals surface area contributed by atoms with Gasteiger partial charge in [0.2, 0.25) is 0 Å². The van der Waals surface area contributed by atoms with E-state index < -0.39 is 0 Å². The van der Waals surface area contributed by atoms with Crippen molar-refractivity contribution in [3.63, 3.8) is 0 Å². The van der Waals surface area contributed by atoms with Gasteiger partial charge in [-0.3, -0.25) is 4.79 Å². The van der Waals surface area contributed by atoms with E-state index in [4.69, 9.17) is 22.8 Å². The van der Waals surface area contributed by atoms with Crippen molar-refractivity contribution in [1.29, 1.82) is 0 Å². The van der Waals surface area contributed by atoms with Gasteiger partial charge in [-0.05, 0) is 23.8 Å². The molecule has 0 bridgehead atoms. The predicted molar refractivity (Wildman–Crippen MR) is 72.2 cm³/mol. The molecule has 88 valence electrons. The third kappa shape index (κ3) is 2.49. The maximum absolute atomic E-state index is 11.7. The Kier molecular flexibility index (Phi) is 3.46. The second-order valence-electron chi connectivity index (χ2n) is 3.33. The molecule has 0 unspecified atom stereocenters. The van der Waals surface area contributed by atoms with Gasteiger partial charge in [0.1, 0.15) is 5.75 Å². The zero-order valence-corrected chi connectivity index (χ0v) is 10.7. The summed E-state index contributed by atoms with van der Waals surface area (Å²) in [5.41, 5.74) is 0.873. The summed E-state index contributed by atoms with van der Waals surface area (Å²) in [6.07, 6.45) is 1.74. The SMILES string of the molecule is COc1cccc(C=C2SC(=S)N(N)C2=O)c1. The number of thioether (sulfide) groups is 1. The van der Waals surface area contributed by atoms with E-state index in [2.05, 4.69) is 0 Å². The minimum absolute atomic E-state index is 0.275. The molecule has 1 aliphatic heterocycles. The van der Waals surface area contributed by atoms with Crippen LogP contribution in [-0.2, 0) is 4.79 Å². The largest absolute Gasteiger partial charge is 0.497 e. The van der Waals surface area contributed by atoms with E-state index in [1.54, 1.807) is 13.2 Å². The summed E-state index contributed by atoms with van der Waals surface area (Å²) in [6, 6.07) is 7.41. The summed E-state index contributed by atoms with van der Waals surface area (Å²) in [5, 5.41) is 0.978. The highest BCUT2D eigenvalue weighted by Gasteiger charge is 2.29. The van der Waals surface area contributed by atoms with Crippen molar-refractivity contribution in [2.45, 2.75) is 0 Å². The van der Waals surface area contributed by atoms with Gasteiger partial charge in [0.25, 0.3) is 5.91 Å². The van der Waals surface area contributed by atoms with E-state index in [-0.39, 0.29) is 5.91 Å². The van der Waals surface area contributed by atoms with Crippen molar-refractivity contribution < 1.29 is 9.53 Å². The zero-order valence-electron chi connectivity index (χ0n) is 9.04. The van der Waals surface area contributed by atoms with E-state index in [9.17, 15) is 4.79 Å². The molecule has 2 N–H and O–H groups in total. The number of hydrazine groups is 1. The van der Waals surface area contributed by atoms with Gasteiger partial charge in [-0.25, -0.2) is 10.9 Å². The van der Waals surface area contributed by atoms with E-state index in [0.29, 0.717) is 9.23 Å². The van der Waals surface area contributed by atoms with E-state index in [1.165, 1.54) is 11.8 Å². The maximum Gasteiger partial charge on any atom is 0.280 e. The van der Waals surface area contributed by atoms with Crippen LogP contribution in [0.15, 0.2) is 29.2 Å². The van der Waals surface area contributed by atoms with Crippen LogP contribution in [0.2, 0.25) is 0 Å². The molecule has 0 atom stereocenters. The molecule has 0 spiro atoms. The number of carbonyl (C=O) groups is 1. The van der Waals surface area contributed by atoms with Crippen molar-refractivity contribution in [2.75, 3.05) is 7.11 Å². The van der Waals surface area contributed by atoms with Gasteiger partial charge in [0.05, 0.1) is 12.0 Å². The average molecular weight is 266 g/mol. The number of nitrogens with two attached hydrogens (primary N) is 1. The minimum Gasteiger partial charge on any atom is -0.497 e. The van der Waals surface area contributed by atoms with Crippen LogP contribution in [-0.4, -0.2) is 22.3 Å². The van der Waals surface area contributed by atoms with E-state index in [0.717, 1.165) is 16.3 Å². The van der Waals surface area contributed by atoms with Crippen LogP contribution in [0.5, 0.6) is 5.75 Å². The lowest BCUT2D eigenvalue weighted by molar-refractivity contribution is -0.122. The highest BCUT2D eigenvalue weighted by Crippen LogP contribution is 2.30. The fourth-order valence-electron chi connectivity index (χ4n) is 1.36. The van der Waals surface area contributed by atoms with Gasteiger partial charge >= 0.3 is 0 Å². The Morgan fingerprint density at radius 3 is 2.88 bits per heavy atom. The summed E-state index contributed by atoms with van der Waals surface area (Å²) in [5.74, 6) is 5.94. The minimum atomic E-state index is -0.275. The molecule has 0 aromatic heterocycles. The number of rotatable bonds is 2. The molecule has 4 nitrogen and oxygen atoms in total. The fraction of sp³-hybridized carbons (Fsp3) is 0.0909. The number of benzene rings is 1. The van der Waals surface area contributed by atoms with Crippen molar-refractivity contribution in [3.05, 3.63) is 34.7 Å². The molecule has 1 aliphatic rings. The first-order valence-electron chi connectivity index (χ1n) is 4.78. The molecular weight excluding hydrogens is 256 g/mol. The third-order valence-electron chi connectivity index (χ3n) is 2.22. The number of carbonyl (C=O) groups excluding carboxylic acids is 1. The Morgan fingerprint density at radius 1 is 1.53 bits per heavy atom. The molecule has 1 saturated heterocycles. The smallest absolute Gasteiger partial charge is 0.280 e. The highest BCUT2D eigenvalue weighted by molar-refractivity contribution is 8.26. The summed E-state index contributed by atoms with van der Waals surface area (Å²) in [4.78, 5) is 12.2. The monoisotopic (exact) mass is 266 g/mol. The van der Waals surface area contributed by atoms with E-state index in [1.807, 2.05) is 24.3 Å². The van der Waals surface area contributed by atoms with Crippen LogP contribution >= 0.6 is 24.0 Å². The molecule has 0 aliphatic carbocycles. The lowest BCUT2D eigenvalue weighted by Gasteiger charge is -2.03. The first-order chi connectivity index (χ1) is 8.11. The van der Waals surface area contributed by atoms with Crippen LogP contribution in [0.25, 0.3) is 6.08 Å². The molecule has 1 aromatic carbocycles. The third-order valence-corrected chi connectivity index (χ3v) is 3.55. The number of nitrogens with zero attached hydrogens (tertiary/aromatic N) is 1. The molecule has 1 fully saturated rings. The van der Waals surface area contributed by atoms with Crippen molar-refractivity contribution >= 4 is 40.3 Å². The van der Waals surface area contributed by atoms with E-state index >= 15 is 0 Å². The number of methoxy groups -OCH3 is 1. The molecule has 1 heterocycles. The van der Waals surface area contributed by atoms with Gasteiger partial charge in [0.15, 0.2) is 4.32 Å². The molecular formula is C11H10N2O2S2. The molecule has 1 aromatic rings. The lowest BCUT2D eigenvalue weighted by atomic mass is 10.2. The van der Waals surface area contributed by atoms with Crippen LogP contribution < -0.4 is 10.6 Å². The lowest BCUT2D eigenvalue weighted by Crippen LogP contribution is -2.34. The summed E-state index contributed by atoms with van der Waals surface area (Å²) >= 11 is 6.13. The second kappa shape index (κ2) is 4.87. The zero-order chi connectivity index (χ0) is 12.4. The average Bonchev–Trinajstić information content (AvgIpc) is 2.57. The molecule has 2 rings (SSSR count). The van der Waals surface area contributed by atoms with Crippen molar-refractivity contribution in [3.8, 4) is 5.75 Å². The first kappa shape index (κ1) is 12.1. The van der Waals surface area contributed by atoms with Gasteiger partial charge < -0.3 is 4.74 Å². The Labute approximate surface area is 108 Å². The standard InChI is InChI=1S/C11H10N2O2S2/c1-15-8-4-2-3-7(5-8)6-9-10(14)13(12)11(16)17-9/h2-6H,12H2,1H3. The number of thiocarbonyl (C=S) groups is 1. The van der Waals surface area contributed by atoms with Gasteiger partial charge in [-0.2, -0.15) is 0 Å². The second-order valence-corrected chi connectivity index (χ2v) is 5.00. The van der Waals surface area contributed by atoms with Gasteiger partial charge in [-0.15, -0.1) is 0 Å². The molecule has 0 radical (unpaired) electrons. The molecule has 1 amide bonds. The number of amides is 1. The Bertz CT molecular complexity index is 514. The Balaban J connectivity index is 2.30. The summed E-state index contributed by atoms with van der Waals surface area (Å²) in [6.45, 7) is 0. The number of hydrogen-bond donors (Lipinski definition) is 1. The van der Waals surface area contributed by atoms with Crippen LogP contribution in [0.3, 0.4) is 0 Å². The Hall–Kier alpha value is -1.37. The highest BCUT2D eigenvalue weighted by atomic mass is 32.2. The predicted octanol–water partition coefficient (Wildman–Crippen LogP) is 1.77. The van der Waals surface area contributed by atoms with Gasteiger partial charge in [-0.1, -0.05) is 36.1 Å². The Morgan fingerprint density at radius 2 is 2.29 bits per heavy atom. The summed E-state index contributed by atoms with van der Waals surface area (Å²) in [7, 11) is 1.60. The molecule has 0 saturated carbocycles. The van der Waals surface area contributed by atoms with Crippen LogP contribution in [0, 0.1) is 0 Å². The topological polar surface area (TPSA) is 55.6 Å². The van der Waals surface area contributed by atoms with Gasteiger partial charge in [0, 0.05) is 0 Å².